The summed E-state index contributed by atoms with van der Waals surface area (Å²) in [5.74, 6) is 1.01. The molecule has 0 spiro atoms. The van der Waals surface area contributed by atoms with Crippen molar-refractivity contribution >= 4 is 17.6 Å². The highest BCUT2D eigenvalue weighted by Crippen LogP contribution is 2.31. The number of nitrogens with one attached hydrogen (secondary N) is 3. The van der Waals surface area contributed by atoms with Crippen molar-refractivity contribution in [1.82, 2.24) is 20.4 Å². The van der Waals surface area contributed by atoms with Crippen molar-refractivity contribution in [3.8, 4) is 0 Å². The number of benzene rings is 2. The highest BCUT2D eigenvalue weighted by molar-refractivity contribution is 5.94. The van der Waals surface area contributed by atoms with E-state index in [0.717, 1.165) is 50.8 Å². The van der Waals surface area contributed by atoms with Gasteiger partial charge in [-0.1, -0.05) is 48.5 Å². The van der Waals surface area contributed by atoms with Gasteiger partial charge in [-0.2, -0.15) is 0 Å². The number of anilines is 1. The van der Waals surface area contributed by atoms with Crippen LogP contribution in [0.1, 0.15) is 35.9 Å². The normalized spacial score (nSPS) is 21.9. The van der Waals surface area contributed by atoms with Gasteiger partial charge in [0.2, 0.25) is 5.91 Å². The topological polar surface area (TPSA) is 72.0 Å². The van der Waals surface area contributed by atoms with Crippen LogP contribution in [0.25, 0.3) is 0 Å². The van der Waals surface area contributed by atoms with Gasteiger partial charge in [-0.3, -0.25) is 14.7 Å². The summed E-state index contributed by atoms with van der Waals surface area (Å²) in [4.78, 5) is 21.5. The third kappa shape index (κ3) is 6.12. The maximum absolute atomic E-state index is 12.1. The van der Waals surface area contributed by atoms with Crippen LogP contribution in [-0.4, -0.2) is 75.0 Å². The number of fused-ring (bicyclic) bond motifs is 1. The molecule has 2 aromatic rings. The second-order valence-electron chi connectivity index (χ2n) is 8.99. The van der Waals surface area contributed by atoms with Gasteiger partial charge in [-0.15, -0.1) is 0 Å². The van der Waals surface area contributed by atoms with Crippen LogP contribution in [-0.2, 0) is 4.79 Å². The van der Waals surface area contributed by atoms with Crippen molar-refractivity contribution in [3.63, 3.8) is 0 Å². The molecule has 7 heteroatoms. The molecule has 7 nitrogen and oxygen atoms in total. The number of hydrogen-bond acceptors (Lipinski definition) is 4. The second kappa shape index (κ2) is 11.3. The lowest BCUT2D eigenvalue weighted by molar-refractivity contribution is -0.116. The van der Waals surface area contributed by atoms with Crippen molar-refractivity contribution in [3.05, 3.63) is 65.7 Å². The van der Waals surface area contributed by atoms with E-state index in [1.54, 1.807) is 7.05 Å². The highest BCUT2D eigenvalue weighted by Gasteiger charge is 2.26. The van der Waals surface area contributed by atoms with Crippen molar-refractivity contribution < 1.29 is 4.79 Å². The molecule has 4 rings (SSSR count). The van der Waals surface area contributed by atoms with Gasteiger partial charge in [-0.25, -0.2) is 0 Å². The van der Waals surface area contributed by atoms with Gasteiger partial charge in [0.1, 0.15) is 0 Å². The molecule has 2 atom stereocenters. The lowest BCUT2D eigenvalue weighted by atomic mass is 9.90. The molecule has 2 aliphatic rings. The van der Waals surface area contributed by atoms with E-state index < -0.39 is 0 Å². The van der Waals surface area contributed by atoms with E-state index in [1.807, 2.05) is 18.2 Å². The van der Waals surface area contributed by atoms with E-state index in [4.69, 9.17) is 0 Å². The fraction of sp³-hybridized carbons (Fsp3) is 0.462. The Morgan fingerprint density at radius 1 is 1.09 bits per heavy atom. The third-order valence-electron chi connectivity index (χ3n) is 6.64. The number of hydrogen-bond donors (Lipinski definition) is 3. The Balaban J connectivity index is 1.25. The Bertz CT molecular complexity index is 947. The molecule has 2 heterocycles. The zero-order valence-corrected chi connectivity index (χ0v) is 19.8. The van der Waals surface area contributed by atoms with E-state index >= 15 is 0 Å². The van der Waals surface area contributed by atoms with Gasteiger partial charge in [0.05, 0.1) is 0 Å². The van der Waals surface area contributed by atoms with Crippen molar-refractivity contribution in [2.75, 3.05) is 58.7 Å². The summed E-state index contributed by atoms with van der Waals surface area (Å²) >= 11 is 0. The maximum Gasteiger partial charge on any atom is 0.225 e. The highest BCUT2D eigenvalue weighted by atomic mass is 16.1. The second-order valence-corrected chi connectivity index (χ2v) is 8.99. The molecule has 0 saturated carbocycles. The Labute approximate surface area is 197 Å². The van der Waals surface area contributed by atoms with Gasteiger partial charge >= 0.3 is 0 Å². The Morgan fingerprint density at radius 2 is 1.88 bits per heavy atom. The number of carbonyl (C=O) groups is 1. The minimum atomic E-state index is 0.0728. The van der Waals surface area contributed by atoms with Crippen LogP contribution >= 0.6 is 0 Å². The molecule has 3 N–H and O–H groups in total. The van der Waals surface area contributed by atoms with Gasteiger partial charge < -0.3 is 20.9 Å². The molecule has 0 radical (unpaired) electrons. The molecule has 1 saturated heterocycles. The number of amides is 1. The molecule has 1 fully saturated rings. The summed E-state index contributed by atoms with van der Waals surface area (Å²) in [6, 6.07) is 19.3. The number of guanidine groups is 1. The molecular formula is C26H36N6O. The van der Waals surface area contributed by atoms with Gasteiger partial charge in [0.25, 0.3) is 0 Å². The summed E-state index contributed by atoms with van der Waals surface area (Å²) in [7, 11) is 4.00. The average Bonchev–Trinajstić information content (AvgIpc) is 2.84. The molecule has 176 valence electrons. The van der Waals surface area contributed by atoms with Crippen LogP contribution in [0, 0.1) is 0 Å². The maximum atomic E-state index is 12.1. The molecule has 2 unspecified atom stereocenters. The Kier molecular flexibility index (Phi) is 7.96. The fourth-order valence-corrected chi connectivity index (χ4v) is 4.83. The number of aliphatic imine (C=N–C) groups is 1. The van der Waals surface area contributed by atoms with Crippen LogP contribution in [0.4, 0.5) is 5.69 Å². The molecule has 0 bridgehead atoms. The quantitative estimate of drug-likeness (QED) is 0.345. The van der Waals surface area contributed by atoms with Crippen LogP contribution in [0.15, 0.2) is 59.6 Å². The van der Waals surface area contributed by atoms with E-state index in [2.05, 4.69) is 74.2 Å². The Hall–Kier alpha value is -2.90. The predicted octanol–water partition coefficient (Wildman–Crippen LogP) is 2.66. The van der Waals surface area contributed by atoms with Crippen LogP contribution < -0.4 is 16.0 Å². The molecule has 1 amide bonds. The number of likely N-dealkylation sites (N-methyl/N-ethyl adjacent to an activating group) is 1. The van der Waals surface area contributed by atoms with E-state index in [9.17, 15) is 4.79 Å². The van der Waals surface area contributed by atoms with E-state index in [0.29, 0.717) is 19.0 Å². The minimum Gasteiger partial charge on any atom is -0.356 e. The smallest absolute Gasteiger partial charge is 0.225 e. The SMILES string of the molecule is CN=C(NCCCN1CCN(C)CC1c1ccccc1)NCC1CC(=O)Nc2ccccc21. The Morgan fingerprint density at radius 3 is 2.70 bits per heavy atom. The first-order valence-corrected chi connectivity index (χ1v) is 11.9. The van der Waals surface area contributed by atoms with E-state index in [-0.39, 0.29) is 11.8 Å². The summed E-state index contributed by atoms with van der Waals surface area (Å²) in [6.45, 7) is 5.85. The summed E-state index contributed by atoms with van der Waals surface area (Å²) in [5.41, 5.74) is 3.50. The third-order valence-corrected chi connectivity index (χ3v) is 6.64. The van der Waals surface area contributed by atoms with E-state index in [1.165, 1.54) is 11.1 Å². The lowest BCUT2D eigenvalue weighted by Crippen LogP contribution is -2.47. The van der Waals surface area contributed by atoms with Gasteiger partial charge in [-0.05, 0) is 30.7 Å². The van der Waals surface area contributed by atoms with Gasteiger partial charge in [0, 0.05) is 70.4 Å². The first kappa shape index (κ1) is 23.3. The zero-order valence-electron chi connectivity index (χ0n) is 19.8. The minimum absolute atomic E-state index is 0.0728. The molecule has 2 aliphatic heterocycles. The summed E-state index contributed by atoms with van der Waals surface area (Å²) < 4.78 is 0. The van der Waals surface area contributed by atoms with Crippen molar-refractivity contribution in [2.24, 2.45) is 4.99 Å². The standard InChI is InChI=1S/C26H36N6O/c1-27-26(29-18-21-17-25(33)30-23-12-7-6-11-22(21)23)28-13-8-14-32-16-15-31(2)19-24(32)20-9-4-3-5-10-20/h3-7,9-12,21,24H,8,13-19H2,1-2H3,(H,30,33)(H2,27,28,29). The molecular weight excluding hydrogens is 412 g/mol. The predicted molar refractivity (Wildman–Crippen MR) is 135 cm³/mol. The van der Waals surface area contributed by atoms with Gasteiger partial charge in [0.15, 0.2) is 5.96 Å². The largest absolute Gasteiger partial charge is 0.356 e. The number of para-hydroxylation sites is 1. The fourth-order valence-electron chi connectivity index (χ4n) is 4.83. The summed E-state index contributed by atoms with van der Waals surface area (Å²) in [5, 5.41) is 9.83. The van der Waals surface area contributed by atoms with Crippen molar-refractivity contribution in [1.29, 1.82) is 0 Å². The molecule has 0 aromatic heterocycles. The summed E-state index contributed by atoms with van der Waals surface area (Å²) in [6.07, 6.45) is 1.54. The molecule has 0 aliphatic carbocycles. The zero-order chi connectivity index (χ0) is 23.0. The number of rotatable bonds is 7. The van der Waals surface area contributed by atoms with Crippen LogP contribution in [0.5, 0.6) is 0 Å². The average molecular weight is 449 g/mol. The lowest BCUT2D eigenvalue weighted by Gasteiger charge is -2.40. The van der Waals surface area contributed by atoms with Crippen LogP contribution in [0.2, 0.25) is 0 Å². The molecule has 2 aromatic carbocycles. The monoisotopic (exact) mass is 448 g/mol. The number of carbonyl (C=O) groups excluding carboxylic acids is 1. The van der Waals surface area contributed by atoms with Crippen molar-refractivity contribution in [2.45, 2.75) is 24.8 Å². The van der Waals surface area contributed by atoms with Crippen LogP contribution in [0.3, 0.4) is 0 Å². The number of piperazine rings is 1. The number of nitrogens with zero attached hydrogens (tertiary/aromatic N) is 3. The first-order chi connectivity index (χ1) is 16.1. The first-order valence-electron chi connectivity index (χ1n) is 11.9. The molecule has 33 heavy (non-hydrogen) atoms.